The predicted molar refractivity (Wildman–Crippen MR) is 78.4 cm³/mol. The number of carbonyl (C=O) groups is 1. The lowest BCUT2D eigenvalue weighted by Gasteiger charge is -2.04. The molecule has 0 radical (unpaired) electrons. The van der Waals surface area contributed by atoms with Crippen molar-refractivity contribution in [3.05, 3.63) is 58.3 Å². The van der Waals surface area contributed by atoms with Crippen molar-refractivity contribution in [3.63, 3.8) is 0 Å². The second-order valence-electron chi connectivity index (χ2n) is 4.39. The van der Waals surface area contributed by atoms with Crippen molar-refractivity contribution >= 4 is 17.3 Å². The summed E-state index contributed by atoms with van der Waals surface area (Å²) >= 11 is 1.74. The van der Waals surface area contributed by atoms with Crippen LogP contribution in [0.4, 0.5) is 0 Å². The fourth-order valence-electron chi connectivity index (χ4n) is 1.86. The van der Waals surface area contributed by atoms with Crippen LogP contribution in [0.2, 0.25) is 0 Å². The van der Waals surface area contributed by atoms with Crippen LogP contribution in [-0.2, 0) is 22.4 Å². The van der Waals surface area contributed by atoms with Gasteiger partial charge in [-0.25, -0.2) is 0 Å². The Labute approximate surface area is 118 Å². The van der Waals surface area contributed by atoms with Crippen LogP contribution in [0.3, 0.4) is 0 Å². The Morgan fingerprint density at radius 3 is 2.63 bits per heavy atom. The van der Waals surface area contributed by atoms with E-state index in [1.807, 2.05) is 36.4 Å². The number of aryl methyl sites for hydroxylation is 1. The number of benzene rings is 1. The molecule has 2 aromatic rings. The minimum Gasteiger partial charge on any atom is -0.465 e. The van der Waals surface area contributed by atoms with Gasteiger partial charge in [0.25, 0.3) is 0 Å². The summed E-state index contributed by atoms with van der Waals surface area (Å²) < 4.78 is 5.23. The molecule has 0 bridgehead atoms. The SMILES string of the molecule is O=C(CCCc1cccs1)OCCc1ccccc1. The van der Waals surface area contributed by atoms with Crippen molar-refractivity contribution in [1.29, 1.82) is 0 Å². The molecular weight excluding hydrogens is 256 g/mol. The minimum atomic E-state index is -0.0903. The maximum Gasteiger partial charge on any atom is 0.305 e. The van der Waals surface area contributed by atoms with Gasteiger partial charge in [-0.3, -0.25) is 4.79 Å². The van der Waals surface area contributed by atoms with E-state index in [0.717, 1.165) is 19.3 Å². The number of hydrogen-bond acceptors (Lipinski definition) is 3. The molecule has 19 heavy (non-hydrogen) atoms. The number of ether oxygens (including phenoxy) is 1. The smallest absolute Gasteiger partial charge is 0.305 e. The van der Waals surface area contributed by atoms with Crippen molar-refractivity contribution in [1.82, 2.24) is 0 Å². The molecule has 1 aromatic carbocycles. The van der Waals surface area contributed by atoms with Gasteiger partial charge in [-0.1, -0.05) is 36.4 Å². The molecule has 100 valence electrons. The zero-order chi connectivity index (χ0) is 13.3. The van der Waals surface area contributed by atoms with E-state index >= 15 is 0 Å². The Kier molecular flexibility index (Phi) is 5.63. The number of esters is 1. The van der Waals surface area contributed by atoms with E-state index in [0.29, 0.717) is 13.0 Å². The molecule has 0 aliphatic carbocycles. The van der Waals surface area contributed by atoms with Gasteiger partial charge >= 0.3 is 5.97 Å². The van der Waals surface area contributed by atoms with Gasteiger partial charge in [0.2, 0.25) is 0 Å². The first-order valence-corrected chi connectivity index (χ1v) is 7.44. The van der Waals surface area contributed by atoms with Crippen molar-refractivity contribution in [2.45, 2.75) is 25.7 Å². The van der Waals surface area contributed by atoms with Gasteiger partial charge < -0.3 is 4.74 Å². The van der Waals surface area contributed by atoms with E-state index in [9.17, 15) is 4.79 Å². The largest absolute Gasteiger partial charge is 0.465 e. The van der Waals surface area contributed by atoms with Crippen molar-refractivity contribution < 1.29 is 9.53 Å². The van der Waals surface area contributed by atoms with Crippen LogP contribution in [0.5, 0.6) is 0 Å². The highest BCUT2D eigenvalue weighted by Gasteiger charge is 2.03. The summed E-state index contributed by atoms with van der Waals surface area (Å²) in [5.74, 6) is -0.0903. The second kappa shape index (κ2) is 7.74. The maximum absolute atomic E-state index is 11.5. The van der Waals surface area contributed by atoms with Crippen molar-refractivity contribution in [2.75, 3.05) is 6.61 Å². The molecule has 0 saturated heterocycles. The Morgan fingerprint density at radius 1 is 1.05 bits per heavy atom. The molecule has 3 heteroatoms. The summed E-state index contributed by atoms with van der Waals surface area (Å²) in [6, 6.07) is 14.2. The van der Waals surface area contributed by atoms with Crippen LogP contribution in [0.15, 0.2) is 47.8 Å². The molecule has 0 atom stereocenters. The molecule has 0 N–H and O–H groups in total. The van der Waals surface area contributed by atoms with E-state index in [4.69, 9.17) is 4.74 Å². The number of thiophene rings is 1. The summed E-state index contributed by atoms with van der Waals surface area (Å²) in [5.41, 5.74) is 1.20. The normalized spacial score (nSPS) is 10.3. The quantitative estimate of drug-likeness (QED) is 0.717. The van der Waals surface area contributed by atoms with Gasteiger partial charge in [0.05, 0.1) is 6.61 Å². The molecule has 1 aromatic heterocycles. The first kappa shape index (κ1) is 13.8. The monoisotopic (exact) mass is 274 g/mol. The number of carbonyl (C=O) groups excluding carboxylic acids is 1. The summed E-state index contributed by atoms with van der Waals surface area (Å²) in [4.78, 5) is 12.9. The lowest BCUT2D eigenvalue weighted by molar-refractivity contribution is -0.143. The van der Waals surface area contributed by atoms with Gasteiger partial charge in [-0.15, -0.1) is 11.3 Å². The number of rotatable bonds is 7. The van der Waals surface area contributed by atoms with E-state index in [2.05, 4.69) is 11.4 Å². The standard InChI is InChI=1S/C16H18O2S/c17-16(10-4-8-15-9-5-13-19-15)18-12-11-14-6-2-1-3-7-14/h1-3,5-7,9,13H,4,8,10-12H2. The summed E-state index contributed by atoms with van der Waals surface area (Å²) in [6.07, 6.45) is 3.13. The first-order chi connectivity index (χ1) is 9.34. The molecule has 2 rings (SSSR count). The van der Waals surface area contributed by atoms with Gasteiger partial charge in [0.15, 0.2) is 0 Å². The van der Waals surface area contributed by atoms with Crippen LogP contribution in [0.1, 0.15) is 23.3 Å². The second-order valence-corrected chi connectivity index (χ2v) is 5.42. The zero-order valence-corrected chi connectivity index (χ0v) is 11.7. The third-order valence-corrected chi connectivity index (χ3v) is 3.82. The molecule has 2 nitrogen and oxygen atoms in total. The fourth-order valence-corrected chi connectivity index (χ4v) is 2.61. The molecule has 0 aliphatic heterocycles. The van der Waals surface area contributed by atoms with Crippen LogP contribution in [-0.4, -0.2) is 12.6 Å². The molecule has 0 amide bonds. The zero-order valence-electron chi connectivity index (χ0n) is 10.9. The third kappa shape index (κ3) is 5.26. The van der Waals surface area contributed by atoms with Gasteiger partial charge in [0, 0.05) is 17.7 Å². The first-order valence-electron chi connectivity index (χ1n) is 6.56. The topological polar surface area (TPSA) is 26.3 Å². The van der Waals surface area contributed by atoms with Crippen LogP contribution in [0.25, 0.3) is 0 Å². The molecule has 0 aliphatic rings. The molecule has 0 saturated carbocycles. The molecule has 0 unspecified atom stereocenters. The Morgan fingerprint density at radius 2 is 1.89 bits per heavy atom. The highest BCUT2D eigenvalue weighted by molar-refractivity contribution is 7.09. The number of hydrogen-bond donors (Lipinski definition) is 0. The van der Waals surface area contributed by atoms with Crippen LogP contribution >= 0.6 is 11.3 Å². The van der Waals surface area contributed by atoms with Crippen molar-refractivity contribution in [2.24, 2.45) is 0 Å². The molecule has 0 fully saturated rings. The highest BCUT2D eigenvalue weighted by atomic mass is 32.1. The lowest BCUT2D eigenvalue weighted by atomic mass is 10.2. The fraction of sp³-hybridized carbons (Fsp3) is 0.312. The average molecular weight is 274 g/mol. The van der Waals surface area contributed by atoms with E-state index in [1.165, 1.54) is 10.4 Å². The Hall–Kier alpha value is -1.61. The maximum atomic E-state index is 11.5. The average Bonchev–Trinajstić information content (AvgIpc) is 2.93. The Bertz CT molecular complexity index is 477. The highest BCUT2D eigenvalue weighted by Crippen LogP contribution is 2.12. The van der Waals surface area contributed by atoms with Gasteiger partial charge in [0.1, 0.15) is 0 Å². The molecular formula is C16H18O2S. The van der Waals surface area contributed by atoms with E-state index in [-0.39, 0.29) is 5.97 Å². The lowest BCUT2D eigenvalue weighted by Crippen LogP contribution is -2.07. The summed E-state index contributed by atoms with van der Waals surface area (Å²) in [7, 11) is 0. The Balaban J connectivity index is 1.57. The predicted octanol–water partition coefficient (Wildman–Crippen LogP) is 3.86. The van der Waals surface area contributed by atoms with Gasteiger partial charge in [-0.05, 0) is 29.9 Å². The minimum absolute atomic E-state index is 0.0903. The molecule has 1 heterocycles. The van der Waals surface area contributed by atoms with E-state index < -0.39 is 0 Å². The summed E-state index contributed by atoms with van der Waals surface area (Å²) in [5, 5.41) is 2.06. The van der Waals surface area contributed by atoms with Crippen LogP contribution in [0, 0.1) is 0 Å². The van der Waals surface area contributed by atoms with Crippen molar-refractivity contribution in [3.8, 4) is 0 Å². The molecule has 0 spiro atoms. The van der Waals surface area contributed by atoms with Crippen LogP contribution < -0.4 is 0 Å². The van der Waals surface area contributed by atoms with E-state index in [1.54, 1.807) is 11.3 Å². The summed E-state index contributed by atoms with van der Waals surface area (Å²) in [6.45, 7) is 0.474. The van der Waals surface area contributed by atoms with Gasteiger partial charge in [-0.2, -0.15) is 0 Å². The third-order valence-electron chi connectivity index (χ3n) is 2.88.